The Hall–Kier alpha value is -0.840. The molecule has 1 N–H and O–H groups in total. The van der Waals surface area contributed by atoms with Crippen LogP contribution in [0.1, 0.15) is 63.9 Å². The number of piperidine rings is 1. The van der Waals surface area contributed by atoms with Crippen molar-refractivity contribution in [3.05, 3.63) is 22.0 Å². The first-order chi connectivity index (χ1) is 10.7. The van der Waals surface area contributed by atoms with Gasteiger partial charge in [0.15, 0.2) is 0 Å². The smallest absolute Gasteiger partial charge is 0.0718 e. The predicted molar refractivity (Wildman–Crippen MR) is 104 cm³/mol. The molecule has 1 fully saturated rings. The number of β-amino-alcohol motifs (C(OH)–C–C–N with tert-alkyl or cyclic N) is 1. The first kappa shape index (κ1) is 21.2. The number of aromatic nitrogens is 1. The Kier molecular flexibility index (Phi) is 7.09. The largest absolute Gasteiger partial charge is 0.389 e. The van der Waals surface area contributed by atoms with Crippen LogP contribution in [0.3, 0.4) is 0 Å². The van der Waals surface area contributed by atoms with Crippen molar-refractivity contribution in [2.75, 3.05) is 19.6 Å². The van der Waals surface area contributed by atoms with Crippen LogP contribution in [0.5, 0.6) is 0 Å². The number of rotatable bonds is 5. The van der Waals surface area contributed by atoms with Gasteiger partial charge in [-0.15, -0.1) is 0 Å². The summed E-state index contributed by atoms with van der Waals surface area (Å²) in [6, 6.07) is 0. The van der Waals surface area contributed by atoms with Gasteiger partial charge < -0.3 is 10.0 Å². The van der Waals surface area contributed by atoms with Gasteiger partial charge in [0.1, 0.15) is 0 Å². The van der Waals surface area contributed by atoms with E-state index in [9.17, 15) is 5.11 Å². The van der Waals surface area contributed by atoms with Gasteiger partial charge >= 0.3 is 0 Å². The topological polar surface area (TPSA) is 40.8 Å². The maximum Gasteiger partial charge on any atom is 0.0718 e. The van der Waals surface area contributed by atoms with Gasteiger partial charge in [0, 0.05) is 24.9 Å². The van der Waals surface area contributed by atoms with E-state index >= 15 is 0 Å². The van der Waals surface area contributed by atoms with E-state index in [-0.39, 0.29) is 7.43 Å². The van der Waals surface area contributed by atoms with Crippen molar-refractivity contribution in [3.63, 3.8) is 0 Å². The molecule has 0 saturated carbocycles. The van der Waals surface area contributed by atoms with Gasteiger partial charge in [-0.3, -0.25) is 0 Å². The van der Waals surface area contributed by atoms with Crippen LogP contribution < -0.4 is 0 Å². The molecule has 0 aromatic carbocycles. The highest BCUT2D eigenvalue weighted by Crippen LogP contribution is 2.39. The molecule has 2 rings (SSSR count). The lowest BCUT2D eigenvalue weighted by Crippen LogP contribution is -2.43. The quantitative estimate of drug-likeness (QED) is 0.793. The highest BCUT2D eigenvalue weighted by Gasteiger charge is 2.31. The summed E-state index contributed by atoms with van der Waals surface area (Å²) < 4.78 is 1.91. The fraction of sp³-hybridized carbons (Fsp3) is 0.737. The molecule has 1 aliphatic heterocycles. The summed E-state index contributed by atoms with van der Waals surface area (Å²) in [5.74, 6) is 0.935. The van der Waals surface area contributed by atoms with Gasteiger partial charge in [-0.05, 0) is 65.1 Å². The van der Waals surface area contributed by atoms with E-state index in [2.05, 4.69) is 23.6 Å². The van der Waals surface area contributed by atoms with Crippen molar-refractivity contribution < 1.29 is 5.11 Å². The monoisotopic (exact) mass is 355 g/mol. The van der Waals surface area contributed by atoms with E-state index in [1.54, 1.807) is 0 Å². The van der Waals surface area contributed by atoms with E-state index in [1.165, 1.54) is 0 Å². The van der Waals surface area contributed by atoms with Crippen molar-refractivity contribution in [3.8, 4) is 0 Å². The molecule has 2 heterocycles. The fourth-order valence-electron chi connectivity index (χ4n) is 3.74. The summed E-state index contributed by atoms with van der Waals surface area (Å²) in [6.07, 6.45) is 2.24. The summed E-state index contributed by atoms with van der Waals surface area (Å²) in [5.41, 5.74) is 2.64. The maximum atomic E-state index is 9.98. The molecule has 0 radical (unpaired) electrons. The van der Waals surface area contributed by atoms with Crippen LogP contribution in [0.2, 0.25) is 5.02 Å². The van der Waals surface area contributed by atoms with Crippen molar-refractivity contribution in [1.82, 2.24) is 9.58 Å². The molecule has 1 atom stereocenters. The molecule has 1 aromatic rings. The highest BCUT2D eigenvalue weighted by molar-refractivity contribution is 6.32. The second-order valence-corrected chi connectivity index (χ2v) is 7.96. The minimum Gasteiger partial charge on any atom is -0.389 e. The number of halogens is 1. The summed E-state index contributed by atoms with van der Waals surface area (Å²) in [5, 5.41) is 15.0. The Bertz CT molecular complexity index is 566. The van der Waals surface area contributed by atoms with Crippen LogP contribution in [0.15, 0.2) is 5.10 Å². The zero-order chi connectivity index (χ0) is 17.4. The van der Waals surface area contributed by atoms with E-state index in [1.807, 2.05) is 32.4 Å². The van der Waals surface area contributed by atoms with Crippen LogP contribution in [0.25, 0.3) is 0 Å². The van der Waals surface area contributed by atoms with Crippen molar-refractivity contribution in [1.29, 1.82) is 0 Å². The van der Waals surface area contributed by atoms with Crippen LogP contribution in [0.4, 0.5) is 0 Å². The minimum absolute atomic E-state index is 0. The van der Waals surface area contributed by atoms with Crippen molar-refractivity contribution in [2.24, 2.45) is 11.0 Å². The molecule has 1 saturated heterocycles. The summed E-state index contributed by atoms with van der Waals surface area (Å²) in [4.78, 5) is 2.35. The first-order valence-corrected chi connectivity index (χ1v) is 8.82. The van der Waals surface area contributed by atoms with Gasteiger partial charge in [-0.2, -0.15) is 5.10 Å². The Morgan fingerprint density at radius 2 is 1.88 bits per heavy atom. The molecule has 1 aromatic heterocycles. The second kappa shape index (κ2) is 8.03. The fourth-order valence-corrected chi connectivity index (χ4v) is 4.13. The zero-order valence-electron chi connectivity index (χ0n) is 15.1. The highest BCUT2D eigenvalue weighted by atomic mass is 35.5. The van der Waals surface area contributed by atoms with Crippen molar-refractivity contribution in [2.45, 2.75) is 66.4 Å². The van der Waals surface area contributed by atoms with Gasteiger partial charge in [0.2, 0.25) is 0 Å². The Morgan fingerprint density at radius 1 is 1.33 bits per heavy atom. The summed E-state index contributed by atoms with van der Waals surface area (Å²) in [7, 11) is 0. The van der Waals surface area contributed by atoms with Crippen molar-refractivity contribution >= 4 is 18.3 Å². The number of hydrogen-bond acceptors (Lipinski definition) is 3. The molecule has 4 nitrogen and oxygen atoms in total. The molecule has 0 aliphatic carbocycles. The van der Waals surface area contributed by atoms with Crippen LogP contribution in [-0.4, -0.2) is 46.6 Å². The molecule has 138 valence electrons. The third kappa shape index (κ3) is 4.41. The first-order valence-electron chi connectivity index (χ1n) is 8.44. The molecule has 0 spiro atoms. The standard InChI is InChI=1S/C18H30ClN3O.CH4/c1-12-14(3)22(20-6)17(16(12)19)13(2)15-7-9-21(10-8-15)11-18(4,5)23;/h13,15,23H,6-11H2,1-5H3;1H4. The van der Waals surface area contributed by atoms with E-state index in [0.717, 1.165) is 54.4 Å². The van der Waals surface area contributed by atoms with Gasteiger partial charge in [0.25, 0.3) is 0 Å². The lowest BCUT2D eigenvalue weighted by atomic mass is 9.83. The molecule has 5 heteroatoms. The molecule has 1 aliphatic rings. The summed E-state index contributed by atoms with van der Waals surface area (Å²) >= 11 is 6.58. The Morgan fingerprint density at radius 3 is 2.33 bits per heavy atom. The lowest BCUT2D eigenvalue weighted by Gasteiger charge is -2.37. The van der Waals surface area contributed by atoms with Gasteiger partial charge in [-0.25, -0.2) is 4.68 Å². The average Bonchev–Trinajstić information content (AvgIpc) is 2.69. The van der Waals surface area contributed by atoms with Crippen LogP contribution in [0, 0.1) is 19.8 Å². The predicted octanol–water partition coefficient (Wildman–Crippen LogP) is 4.44. The third-order valence-electron chi connectivity index (χ3n) is 5.17. The van der Waals surface area contributed by atoms with E-state index in [4.69, 9.17) is 11.6 Å². The summed E-state index contributed by atoms with van der Waals surface area (Å²) in [6.45, 7) is 16.6. The molecular formula is C19H34ClN3O. The number of aliphatic hydroxyl groups is 1. The number of hydrogen-bond donors (Lipinski definition) is 1. The zero-order valence-corrected chi connectivity index (χ0v) is 15.8. The molecule has 1 unspecified atom stereocenters. The maximum absolute atomic E-state index is 9.98. The second-order valence-electron chi connectivity index (χ2n) is 7.58. The third-order valence-corrected chi connectivity index (χ3v) is 5.64. The molecular weight excluding hydrogens is 322 g/mol. The Balaban J connectivity index is 0.00000288. The number of likely N-dealkylation sites (tertiary alicyclic amines) is 1. The van der Waals surface area contributed by atoms with Gasteiger partial charge in [0.05, 0.1) is 16.3 Å². The lowest BCUT2D eigenvalue weighted by molar-refractivity contribution is 0.0229. The van der Waals surface area contributed by atoms with Crippen LogP contribution in [-0.2, 0) is 0 Å². The van der Waals surface area contributed by atoms with Gasteiger partial charge in [-0.1, -0.05) is 26.0 Å². The van der Waals surface area contributed by atoms with Crippen LogP contribution >= 0.6 is 11.6 Å². The SMILES string of the molecule is C.C=Nn1c(C)c(C)c(Cl)c1C(C)C1CCN(CC(C)(C)O)CC1. The molecule has 24 heavy (non-hydrogen) atoms. The molecule has 0 bridgehead atoms. The normalized spacial score (nSPS) is 18.3. The van der Waals surface area contributed by atoms with E-state index in [0.29, 0.717) is 11.8 Å². The number of nitrogens with zero attached hydrogens (tertiary/aromatic N) is 3. The minimum atomic E-state index is -0.628. The van der Waals surface area contributed by atoms with E-state index < -0.39 is 5.60 Å². The molecule has 0 amide bonds. The average molecular weight is 356 g/mol. The Labute approximate surface area is 152 Å².